The molecule has 0 radical (unpaired) electrons. The summed E-state index contributed by atoms with van der Waals surface area (Å²) < 4.78 is 23.4. The van der Waals surface area contributed by atoms with Gasteiger partial charge in [0.1, 0.15) is 6.10 Å². The molecule has 17 heavy (non-hydrogen) atoms. The Morgan fingerprint density at radius 2 is 1.65 bits per heavy atom. The molecule has 5 heteroatoms. The molecule has 98 valence electrons. The van der Waals surface area contributed by atoms with Gasteiger partial charge in [0.15, 0.2) is 11.6 Å². The van der Waals surface area contributed by atoms with Crippen LogP contribution < -0.4 is 0 Å². The first-order chi connectivity index (χ1) is 7.86. The Morgan fingerprint density at radius 1 is 0.941 bits per heavy atom. The van der Waals surface area contributed by atoms with Gasteiger partial charge in [0.05, 0.1) is 24.1 Å². The largest absolute Gasteiger partial charge is 0.348 e. The minimum atomic E-state index is -0.460. The van der Waals surface area contributed by atoms with E-state index in [1.165, 1.54) is 0 Å². The molecule has 3 saturated heterocycles. The highest BCUT2D eigenvalue weighted by molar-refractivity contribution is 8.00. The van der Waals surface area contributed by atoms with Crippen LogP contribution in [0.5, 0.6) is 0 Å². The van der Waals surface area contributed by atoms with Gasteiger partial charge in [0, 0.05) is 5.75 Å². The van der Waals surface area contributed by atoms with Crippen molar-refractivity contribution in [1.82, 2.24) is 0 Å². The Kier molecular flexibility index (Phi) is 2.76. The van der Waals surface area contributed by atoms with Gasteiger partial charge in [-0.05, 0) is 27.7 Å². The van der Waals surface area contributed by atoms with Gasteiger partial charge >= 0.3 is 0 Å². The van der Waals surface area contributed by atoms with E-state index in [1.807, 2.05) is 39.5 Å². The number of ether oxygens (including phenoxy) is 4. The average Bonchev–Trinajstić information content (AvgIpc) is 2.77. The van der Waals surface area contributed by atoms with Gasteiger partial charge in [0.2, 0.25) is 0 Å². The fourth-order valence-corrected chi connectivity index (χ4v) is 4.21. The van der Waals surface area contributed by atoms with E-state index in [2.05, 4.69) is 0 Å². The van der Waals surface area contributed by atoms with E-state index in [-0.39, 0.29) is 18.3 Å². The highest BCUT2D eigenvalue weighted by Crippen LogP contribution is 2.44. The lowest BCUT2D eigenvalue weighted by atomic mass is 10.1. The van der Waals surface area contributed by atoms with Crippen molar-refractivity contribution in [3.63, 3.8) is 0 Å². The van der Waals surface area contributed by atoms with E-state index in [9.17, 15) is 0 Å². The van der Waals surface area contributed by atoms with Gasteiger partial charge in [-0.2, -0.15) is 11.8 Å². The van der Waals surface area contributed by atoms with Crippen molar-refractivity contribution in [2.24, 2.45) is 0 Å². The van der Waals surface area contributed by atoms with Crippen molar-refractivity contribution in [3.05, 3.63) is 0 Å². The van der Waals surface area contributed by atoms with Crippen molar-refractivity contribution in [1.29, 1.82) is 0 Å². The summed E-state index contributed by atoms with van der Waals surface area (Å²) in [7, 11) is 0. The highest BCUT2D eigenvalue weighted by Gasteiger charge is 2.54. The fourth-order valence-electron chi connectivity index (χ4n) is 2.77. The summed E-state index contributed by atoms with van der Waals surface area (Å²) in [5.41, 5.74) is 0. The molecule has 0 aromatic carbocycles. The van der Waals surface area contributed by atoms with Crippen LogP contribution in [-0.4, -0.2) is 47.5 Å². The van der Waals surface area contributed by atoms with E-state index in [4.69, 9.17) is 18.9 Å². The number of thioether (sulfide) groups is 1. The van der Waals surface area contributed by atoms with Crippen molar-refractivity contribution < 1.29 is 18.9 Å². The van der Waals surface area contributed by atoms with Crippen LogP contribution in [0.25, 0.3) is 0 Å². The van der Waals surface area contributed by atoms with Crippen molar-refractivity contribution in [2.75, 3.05) is 12.4 Å². The SMILES string of the molecule is CC1(C)OCC([C@@H]2SC[C@H]3OC(C)(C)O[C@H]32)O1. The van der Waals surface area contributed by atoms with Crippen LogP contribution in [0.15, 0.2) is 0 Å². The summed E-state index contributed by atoms with van der Waals surface area (Å²) >= 11 is 1.88. The summed E-state index contributed by atoms with van der Waals surface area (Å²) in [5, 5.41) is 0.323. The zero-order valence-corrected chi connectivity index (χ0v) is 11.6. The first-order valence-corrected chi connectivity index (χ1v) is 7.20. The van der Waals surface area contributed by atoms with Gasteiger partial charge in [0.25, 0.3) is 0 Å². The molecule has 3 rings (SSSR count). The smallest absolute Gasteiger partial charge is 0.163 e. The molecule has 0 amide bonds. The third kappa shape index (κ3) is 2.24. The molecule has 0 saturated carbocycles. The van der Waals surface area contributed by atoms with E-state index in [0.29, 0.717) is 11.9 Å². The molecule has 3 aliphatic heterocycles. The first-order valence-electron chi connectivity index (χ1n) is 6.15. The van der Waals surface area contributed by atoms with Gasteiger partial charge in [-0.25, -0.2) is 0 Å². The number of hydrogen-bond acceptors (Lipinski definition) is 5. The van der Waals surface area contributed by atoms with Crippen LogP contribution in [0.3, 0.4) is 0 Å². The fraction of sp³-hybridized carbons (Fsp3) is 1.00. The molecule has 0 aromatic heterocycles. The predicted octanol–water partition coefficient (Wildman–Crippen LogP) is 1.77. The van der Waals surface area contributed by atoms with Crippen molar-refractivity contribution in [3.8, 4) is 0 Å². The summed E-state index contributed by atoms with van der Waals surface area (Å²) in [4.78, 5) is 0. The molecule has 1 unspecified atom stereocenters. The van der Waals surface area contributed by atoms with E-state index in [0.717, 1.165) is 5.75 Å². The second-order valence-electron chi connectivity index (χ2n) is 5.80. The van der Waals surface area contributed by atoms with Gasteiger partial charge in [-0.15, -0.1) is 0 Å². The Balaban J connectivity index is 1.70. The molecule has 0 spiro atoms. The molecule has 4 nitrogen and oxygen atoms in total. The monoisotopic (exact) mass is 260 g/mol. The lowest BCUT2D eigenvalue weighted by Crippen LogP contribution is -2.38. The highest BCUT2D eigenvalue weighted by atomic mass is 32.2. The average molecular weight is 260 g/mol. The third-order valence-corrected chi connectivity index (χ3v) is 4.87. The molecular formula is C12H20O4S. The van der Waals surface area contributed by atoms with Crippen LogP contribution in [0.4, 0.5) is 0 Å². The Morgan fingerprint density at radius 3 is 2.29 bits per heavy atom. The standard InChI is InChI=1S/C12H20O4S/c1-11(2)13-5-7(14-11)10-9-8(6-17-10)15-12(3,4)16-9/h7-10H,5-6H2,1-4H3/t7?,8-,9-,10+/m1/s1. The molecular weight excluding hydrogens is 240 g/mol. The molecule has 0 aromatic rings. The number of hydrogen-bond donors (Lipinski definition) is 0. The minimum absolute atomic E-state index is 0.113. The first kappa shape index (κ1) is 12.2. The zero-order chi connectivity index (χ0) is 12.3. The summed E-state index contributed by atoms with van der Waals surface area (Å²) in [5.74, 6) is 0.0703. The molecule has 3 heterocycles. The minimum Gasteiger partial charge on any atom is -0.348 e. The van der Waals surface area contributed by atoms with Crippen LogP contribution in [-0.2, 0) is 18.9 Å². The predicted molar refractivity (Wildman–Crippen MR) is 65.0 cm³/mol. The third-order valence-electron chi connectivity index (χ3n) is 3.40. The Bertz CT molecular complexity index is 318. The van der Waals surface area contributed by atoms with Crippen LogP contribution >= 0.6 is 11.8 Å². The summed E-state index contributed by atoms with van der Waals surface area (Å²) in [6.45, 7) is 8.52. The van der Waals surface area contributed by atoms with Gasteiger partial charge < -0.3 is 18.9 Å². The topological polar surface area (TPSA) is 36.9 Å². The van der Waals surface area contributed by atoms with Gasteiger partial charge in [-0.3, -0.25) is 0 Å². The molecule has 0 bridgehead atoms. The van der Waals surface area contributed by atoms with Crippen molar-refractivity contribution >= 4 is 11.8 Å². The summed E-state index contributed by atoms with van der Waals surface area (Å²) in [6.07, 6.45) is 0.451. The van der Waals surface area contributed by atoms with Crippen molar-refractivity contribution in [2.45, 2.75) is 62.8 Å². The maximum atomic E-state index is 5.99. The second kappa shape index (κ2) is 3.84. The maximum Gasteiger partial charge on any atom is 0.163 e. The normalized spacial score (nSPS) is 47.3. The lowest BCUT2D eigenvalue weighted by Gasteiger charge is -2.25. The lowest BCUT2D eigenvalue weighted by molar-refractivity contribution is -0.154. The van der Waals surface area contributed by atoms with E-state index >= 15 is 0 Å². The molecule has 3 aliphatic rings. The number of fused-ring (bicyclic) bond motifs is 1. The van der Waals surface area contributed by atoms with Crippen LogP contribution in [0, 0.1) is 0 Å². The molecule has 0 N–H and O–H groups in total. The maximum absolute atomic E-state index is 5.99. The summed E-state index contributed by atoms with van der Waals surface area (Å²) in [6, 6.07) is 0. The molecule has 3 fully saturated rings. The Labute approximate surface area is 106 Å². The number of rotatable bonds is 1. The van der Waals surface area contributed by atoms with E-state index in [1.54, 1.807) is 0 Å². The quantitative estimate of drug-likeness (QED) is 0.718. The Hall–Kier alpha value is 0.190. The van der Waals surface area contributed by atoms with Crippen LogP contribution in [0.2, 0.25) is 0 Å². The zero-order valence-electron chi connectivity index (χ0n) is 10.8. The van der Waals surface area contributed by atoms with E-state index < -0.39 is 11.6 Å². The second-order valence-corrected chi connectivity index (χ2v) is 7.01. The van der Waals surface area contributed by atoms with Crippen LogP contribution in [0.1, 0.15) is 27.7 Å². The van der Waals surface area contributed by atoms with Gasteiger partial charge in [-0.1, -0.05) is 0 Å². The molecule has 0 aliphatic carbocycles. The molecule has 4 atom stereocenters.